The third-order valence-electron chi connectivity index (χ3n) is 4.21. The fourth-order valence-electron chi connectivity index (χ4n) is 2.82. The lowest BCUT2D eigenvalue weighted by Crippen LogP contribution is -2.51. The van der Waals surface area contributed by atoms with Gasteiger partial charge < -0.3 is 9.80 Å². The van der Waals surface area contributed by atoms with Crippen molar-refractivity contribution in [1.82, 2.24) is 9.80 Å². The number of carbonyl (C=O) groups is 2. The van der Waals surface area contributed by atoms with Gasteiger partial charge in [-0.1, -0.05) is 30.3 Å². The molecule has 24 heavy (non-hydrogen) atoms. The maximum absolute atomic E-state index is 12.9. The second kappa shape index (κ2) is 7.25. The zero-order valence-electron chi connectivity index (χ0n) is 13.3. The summed E-state index contributed by atoms with van der Waals surface area (Å²) in [6.07, 6.45) is 0.382. The molecular weight excluding hydrogens is 307 g/mol. The highest BCUT2D eigenvalue weighted by Crippen LogP contribution is 2.11. The van der Waals surface area contributed by atoms with E-state index in [-0.39, 0.29) is 17.6 Å². The Morgan fingerprint density at radius 3 is 2.04 bits per heavy atom. The molecule has 2 amide bonds. The smallest absolute Gasteiger partial charge is 0.253 e. The molecule has 0 saturated carbocycles. The van der Waals surface area contributed by atoms with Crippen LogP contribution in [0.4, 0.5) is 4.39 Å². The summed E-state index contributed by atoms with van der Waals surface area (Å²) in [6.45, 7) is 2.05. The second-order valence-corrected chi connectivity index (χ2v) is 5.84. The zero-order chi connectivity index (χ0) is 16.9. The molecule has 3 rings (SSSR count). The van der Waals surface area contributed by atoms with Crippen molar-refractivity contribution in [3.8, 4) is 0 Å². The molecular formula is C19H19FN2O2. The van der Waals surface area contributed by atoms with Gasteiger partial charge in [0.05, 0.1) is 6.42 Å². The number of rotatable bonds is 3. The van der Waals surface area contributed by atoms with E-state index in [1.807, 2.05) is 30.3 Å². The van der Waals surface area contributed by atoms with Gasteiger partial charge in [0.25, 0.3) is 5.91 Å². The Hall–Kier alpha value is -2.69. The summed E-state index contributed by atoms with van der Waals surface area (Å²) in [5.74, 6) is -0.400. The van der Waals surface area contributed by atoms with Crippen molar-refractivity contribution in [1.29, 1.82) is 0 Å². The molecule has 0 N–H and O–H groups in total. The van der Waals surface area contributed by atoms with Gasteiger partial charge in [-0.05, 0) is 29.8 Å². The highest BCUT2D eigenvalue weighted by atomic mass is 19.1. The minimum absolute atomic E-state index is 0.0788. The molecule has 0 bridgehead atoms. The number of carbonyl (C=O) groups excluding carboxylic acids is 2. The van der Waals surface area contributed by atoms with Crippen LogP contribution in [0.5, 0.6) is 0 Å². The lowest BCUT2D eigenvalue weighted by atomic mass is 10.1. The average Bonchev–Trinajstić information content (AvgIpc) is 2.63. The van der Waals surface area contributed by atoms with Gasteiger partial charge in [-0.3, -0.25) is 9.59 Å². The first-order chi connectivity index (χ1) is 11.6. The molecule has 1 aliphatic heterocycles. The summed E-state index contributed by atoms with van der Waals surface area (Å²) < 4.78 is 12.9. The molecule has 124 valence electrons. The third kappa shape index (κ3) is 3.79. The summed E-state index contributed by atoms with van der Waals surface area (Å²) in [5.41, 5.74) is 1.47. The molecule has 1 saturated heterocycles. The fourth-order valence-corrected chi connectivity index (χ4v) is 2.82. The summed E-state index contributed by atoms with van der Waals surface area (Å²) in [6, 6.07) is 15.2. The molecule has 0 aliphatic carbocycles. The Bertz CT molecular complexity index is 708. The number of benzene rings is 2. The summed E-state index contributed by atoms with van der Waals surface area (Å²) >= 11 is 0. The molecule has 2 aromatic rings. The first-order valence-electron chi connectivity index (χ1n) is 8.00. The number of halogens is 1. The van der Waals surface area contributed by atoms with Crippen LogP contribution in [0.25, 0.3) is 0 Å². The van der Waals surface area contributed by atoms with Crippen LogP contribution in [0.1, 0.15) is 15.9 Å². The van der Waals surface area contributed by atoms with Crippen molar-refractivity contribution in [2.24, 2.45) is 0 Å². The van der Waals surface area contributed by atoms with E-state index in [0.29, 0.717) is 38.2 Å². The summed E-state index contributed by atoms with van der Waals surface area (Å²) in [4.78, 5) is 28.2. The number of hydrogen-bond donors (Lipinski definition) is 0. The van der Waals surface area contributed by atoms with E-state index in [9.17, 15) is 14.0 Å². The standard InChI is InChI=1S/C19H19FN2O2/c20-17-8-6-16(7-9-17)19(24)22-12-10-21(11-13-22)18(23)14-15-4-2-1-3-5-15/h1-9H,10-14H2. The molecule has 1 heterocycles. The highest BCUT2D eigenvalue weighted by molar-refractivity contribution is 5.94. The first-order valence-corrected chi connectivity index (χ1v) is 8.00. The predicted octanol–water partition coefficient (Wildman–Crippen LogP) is 2.35. The number of amides is 2. The van der Waals surface area contributed by atoms with Gasteiger partial charge in [-0.2, -0.15) is 0 Å². The van der Waals surface area contributed by atoms with E-state index in [0.717, 1.165) is 5.56 Å². The van der Waals surface area contributed by atoms with E-state index < -0.39 is 0 Å². The van der Waals surface area contributed by atoms with Crippen molar-refractivity contribution < 1.29 is 14.0 Å². The molecule has 4 nitrogen and oxygen atoms in total. The Labute approximate surface area is 140 Å². The normalized spacial score (nSPS) is 14.5. The average molecular weight is 326 g/mol. The van der Waals surface area contributed by atoms with Crippen LogP contribution >= 0.6 is 0 Å². The van der Waals surface area contributed by atoms with Crippen molar-refractivity contribution in [2.45, 2.75) is 6.42 Å². The Balaban J connectivity index is 1.54. The van der Waals surface area contributed by atoms with Crippen LogP contribution in [-0.4, -0.2) is 47.8 Å². The van der Waals surface area contributed by atoms with Gasteiger partial charge in [0, 0.05) is 31.7 Å². The number of nitrogens with zero attached hydrogens (tertiary/aromatic N) is 2. The zero-order valence-corrected chi connectivity index (χ0v) is 13.3. The molecule has 0 unspecified atom stereocenters. The minimum Gasteiger partial charge on any atom is -0.339 e. The lowest BCUT2D eigenvalue weighted by Gasteiger charge is -2.35. The van der Waals surface area contributed by atoms with Gasteiger partial charge in [0.15, 0.2) is 0 Å². The maximum Gasteiger partial charge on any atom is 0.253 e. The van der Waals surface area contributed by atoms with E-state index in [1.54, 1.807) is 9.80 Å². The van der Waals surface area contributed by atoms with Gasteiger partial charge in [-0.25, -0.2) is 4.39 Å². The van der Waals surface area contributed by atoms with Crippen LogP contribution in [-0.2, 0) is 11.2 Å². The van der Waals surface area contributed by atoms with Crippen molar-refractivity contribution in [3.63, 3.8) is 0 Å². The summed E-state index contributed by atoms with van der Waals surface area (Å²) in [7, 11) is 0. The first kappa shape index (κ1) is 16.2. The van der Waals surface area contributed by atoms with Crippen LogP contribution < -0.4 is 0 Å². The minimum atomic E-state index is -0.358. The van der Waals surface area contributed by atoms with Crippen LogP contribution in [0.15, 0.2) is 54.6 Å². The molecule has 0 radical (unpaired) electrons. The van der Waals surface area contributed by atoms with Gasteiger partial charge in [0.2, 0.25) is 5.91 Å². The van der Waals surface area contributed by atoms with Crippen molar-refractivity contribution >= 4 is 11.8 Å². The SMILES string of the molecule is O=C(Cc1ccccc1)N1CCN(C(=O)c2ccc(F)cc2)CC1. The van der Waals surface area contributed by atoms with Gasteiger partial charge >= 0.3 is 0 Å². The molecule has 5 heteroatoms. The monoisotopic (exact) mass is 326 g/mol. The third-order valence-corrected chi connectivity index (χ3v) is 4.21. The molecule has 1 fully saturated rings. The number of hydrogen-bond acceptors (Lipinski definition) is 2. The highest BCUT2D eigenvalue weighted by Gasteiger charge is 2.24. The van der Waals surface area contributed by atoms with Crippen LogP contribution in [0.2, 0.25) is 0 Å². The molecule has 2 aromatic carbocycles. The van der Waals surface area contributed by atoms with Gasteiger partial charge in [-0.15, -0.1) is 0 Å². The van der Waals surface area contributed by atoms with Crippen LogP contribution in [0, 0.1) is 5.82 Å². The van der Waals surface area contributed by atoms with Crippen LogP contribution in [0.3, 0.4) is 0 Å². The fraction of sp³-hybridized carbons (Fsp3) is 0.263. The van der Waals surface area contributed by atoms with E-state index in [1.165, 1.54) is 24.3 Å². The lowest BCUT2D eigenvalue weighted by molar-refractivity contribution is -0.131. The second-order valence-electron chi connectivity index (χ2n) is 5.84. The van der Waals surface area contributed by atoms with E-state index in [2.05, 4.69) is 0 Å². The topological polar surface area (TPSA) is 40.6 Å². The molecule has 0 spiro atoms. The Kier molecular flexibility index (Phi) is 4.89. The Morgan fingerprint density at radius 1 is 0.833 bits per heavy atom. The van der Waals surface area contributed by atoms with Crippen molar-refractivity contribution in [2.75, 3.05) is 26.2 Å². The maximum atomic E-state index is 12.9. The van der Waals surface area contributed by atoms with Gasteiger partial charge in [0.1, 0.15) is 5.82 Å². The number of piperazine rings is 1. The molecule has 1 aliphatic rings. The van der Waals surface area contributed by atoms with Crippen molar-refractivity contribution in [3.05, 3.63) is 71.5 Å². The molecule has 0 atom stereocenters. The molecule has 0 aromatic heterocycles. The predicted molar refractivity (Wildman–Crippen MR) is 89.0 cm³/mol. The summed E-state index contributed by atoms with van der Waals surface area (Å²) in [5, 5.41) is 0. The van der Waals surface area contributed by atoms with E-state index in [4.69, 9.17) is 0 Å². The quantitative estimate of drug-likeness (QED) is 0.869. The van der Waals surface area contributed by atoms with E-state index >= 15 is 0 Å². The Morgan fingerprint density at radius 2 is 1.42 bits per heavy atom. The largest absolute Gasteiger partial charge is 0.339 e.